The van der Waals surface area contributed by atoms with Crippen LogP contribution in [0.1, 0.15) is 72.7 Å². The topological polar surface area (TPSA) is 104 Å². The van der Waals surface area contributed by atoms with Gasteiger partial charge in [-0.15, -0.1) is 0 Å². The number of rotatable bonds is 9. The van der Waals surface area contributed by atoms with Crippen molar-refractivity contribution in [3.05, 3.63) is 70.5 Å². The predicted octanol–water partition coefficient (Wildman–Crippen LogP) is 3.94. The highest BCUT2D eigenvalue weighted by Crippen LogP contribution is 2.42. The number of carbonyl (C=O) groups is 2. The Balaban J connectivity index is 1.32. The Hall–Kier alpha value is -2.61. The standard InChI is InChI=1S/C29H34F3N3O5S2/c1-29(2,3)41(38)33-26(15-17-14-24(31)25(32)16-23(17)30)18-12-19-8-9-20(13-18)35(19)42(39,40)11-10-34-27(36)21-6-4-5-7-22(21)28(34)37/h4-7,14,16,18-20,26,33H,8-13,15H2,1-3H3/t18?,19-,20+,26-,41-/m0/s1. The van der Waals surface area contributed by atoms with Crippen LogP contribution in [0.15, 0.2) is 36.4 Å². The van der Waals surface area contributed by atoms with Crippen LogP contribution >= 0.6 is 0 Å². The van der Waals surface area contributed by atoms with Gasteiger partial charge in [-0.25, -0.2) is 30.5 Å². The largest absolute Gasteiger partial charge is 0.273 e. The van der Waals surface area contributed by atoms with Gasteiger partial charge in [-0.1, -0.05) is 12.1 Å². The summed E-state index contributed by atoms with van der Waals surface area (Å²) in [5, 5.41) is 0. The van der Waals surface area contributed by atoms with E-state index in [0.717, 1.165) is 11.0 Å². The maximum absolute atomic E-state index is 14.6. The number of hydrogen-bond donors (Lipinski definition) is 1. The zero-order valence-corrected chi connectivity index (χ0v) is 25.2. The van der Waals surface area contributed by atoms with Gasteiger partial charge in [0.2, 0.25) is 10.0 Å². The van der Waals surface area contributed by atoms with Gasteiger partial charge in [-0.3, -0.25) is 14.5 Å². The van der Waals surface area contributed by atoms with Gasteiger partial charge in [0.15, 0.2) is 11.6 Å². The third-order valence-electron chi connectivity index (χ3n) is 8.39. The van der Waals surface area contributed by atoms with Gasteiger partial charge in [-0.05, 0) is 82.6 Å². The van der Waals surface area contributed by atoms with Crippen LogP contribution in [0, 0.1) is 23.4 Å². The van der Waals surface area contributed by atoms with Crippen molar-refractivity contribution in [1.82, 2.24) is 13.9 Å². The van der Waals surface area contributed by atoms with Crippen molar-refractivity contribution in [1.29, 1.82) is 0 Å². The molecule has 2 fully saturated rings. The first-order chi connectivity index (χ1) is 19.7. The van der Waals surface area contributed by atoms with E-state index in [9.17, 15) is 35.4 Å². The van der Waals surface area contributed by atoms with Gasteiger partial charge in [0.05, 0.1) is 32.6 Å². The average molecular weight is 626 g/mol. The minimum atomic E-state index is -3.86. The molecule has 2 aromatic carbocycles. The second-order valence-electron chi connectivity index (χ2n) is 12.2. The van der Waals surface area contributed by atoms with E-state index in [2.05, 4.69) is 4.72 Å². The second kappa shape index (κ2) is 11.5. The Kier molecular flexibility index (Phi) is 8.42. The number of hydrogen-bond acceptors (Lipinski definition) is 5. The Morgan fingerprint density at radius 1 is 0.952 bits per heavy atom. The van der Waals surface area contributed by atoms with Crippen molar-refractivity contribution in [2.45, 2.75) is 75.7 Å². The van der Waals surface area contributed by atoms with Crippen molar-refractivity contribution in [2.75, 3.05) is 12.3 Å². The quantitative estimate of drug-likeness (QED) is 0.336. The van der Waals surface area contributed by atoms with Gasteiger partial charge < -0.3 is 0 Å². The molecule has 2 amide bonds. The van der Waals surface area contributed by atoms with Crippen molar-refractivity contribution < 1.29 is 35.4 Å². The molecular weight excluding hydrogens is 591 g/mol. The van der Waals surface area contributed by atoms with Crippen LogP contribution in [0.5, 0.6) is 0 Å². The Labute approximate surface area is 246 Å². The fourth-order valence-electron chi connectivity index (χ4n) is 6.29. The van der Waals surface area contributed by atoms with Gasteiger partial charge in [0.25, 0.3) is 11.8 Å². The Bertz CT molecular complexity index is 1500. The first-order valence-corrected chi connectivity index (χ1v) is 16.7. The van der Waals surface area contributed by atoms with Crippen LogP contribution in [-0.4, -0.2) is 68.8 Å². The summed E-state index contributed by atoms with van der Waals surface area (Å²) in [7, 11) is -5.41. The molecule has 5 rings (SSSR count). The zero-order chi connectivity index (χ0) is 30.6. The molecule has 3 heterocycles. The molecule has 228 valence electrons. The van der Waals surface area contributed by atoms with Gasteiger partial charge in [-0.2, -0.15) is 4.31 Å². The molecule has 0 aromatic heterocycles. The molecule has 1 N–H and O–H groups in total. The number of piperidine rings is 1. The molecule has 0 aliphatic carbocycles. The molecule has 1 unspecified atom stereocenters. The molecule has 2 saturated heterocycles. The summed E-state index contributed by atoms with van der Waals surface area (Å²) >= 11 is 0. The number of nitrogens with zero attached hydrogens (tertiary/aromatic N) is 2. The molecular formula is C29H34F3N3O5S2. The third kappa shape index (κ3) is 5.93. The average Bonchev–Trinajstić information content (AvgIpc) is 3.34. The molecule has 2 aromatic rings. The molecule has 42 heavy (non-hydrogen) atoms. The summed E-state index contributed by atoms with van der Waals surface area (Å²) in [6.07, 6.45) is 1.94. The van der Waals surface area contributed by atoms with Gasteiger partial charge in [0.1, 0.15) is 5.82 Å². The lowest BCUT2D eigenvalue weighted by atomic mass is 9.83. The molecule has 0 saturated carbocycles. The highest BCUT2D eigenvalue weighted by atomic mass is 32.2. The van der Waals surface area contributed by atoms with Crippen LogP contribution < -0.4 is 4.72 Å². The number of carbonyl (C=O) groups excluding carboxylic acids is 2. The molecule has 2 bridgehead atoms. The van der Waals surface area contributed by atoms with E-state index < -0.39 is 66.8 Å². The van der Waals surface area contributed by atoms with Crippen LogP contribution in [0.25, 0.3) is 0 Å². The molecule has 0 radical (unpaired) electrons. The van der Waals surface area contributed by atoms with E-state index in [1.807, 2.05) is 0 Å². The highest BCUT2D eigenvalue weighted by molar-refractivity contribution is 7.89. The lowest BCUT2D eigenvalue weighted by Crippen LogP contribution is -2.53. The van der Waals surface area contributed by atoms with Gasteiger partial charge in [0, 0.05) is 30.7 Å². The van der Waals surface area contributed by atoms with E-state index in [0.29, 0.717) is 31.7 Å². The first-order valence-electron chi connectivity index (χ1n) is 13.9. The summed E-state index contributed by atoms with van der Waals surface area (Å²) in [6.45, 7) is 5.06. The summed E-state index contributed by atoms with van der Waals surface area (Å²) in [4.78, 5) is 26.4. The monoisotopic (exact) mass is 625 g/mol. The maximum atomic E-state index is 14.6. The Morgan fingerprint density at radius 2 is 1.50 bits per heavy atom. The minimum Gasteiger partial charge on any atom is -0.273 e. The number of nitrogens with one attached hydrogen (secondary N) is 1. The summed E-state index contributed by atoms with van der Waals surface area (Å²) < 4.78 is 86.3. The number of amides is 2. The molecule has 13 heteroatoms. The molecule has 3 aliphatic heterocycles. The molecule has 8 nitrogen and oxygen atoms in total. The lowest BCUT2D eigenvalue weighted by Gasteiger charge is -2.41. The van der Waals surface area contributed by atoms with E-state index >= 15 is 0 Å². The van der Waals surface area contributed by atoms with Crippen LogP contribution in [0.3, 0.4) is 0 Å². The molecule has 0 spiro atoms. The third-order valence-corrected chi connectivity index (χ3v) is 12.0. The zero-order valence-electron chi connectivity index (χ0n) is 23.6. The number of fused-ring (bicyclic) bond motifs is 3. The predicted molar refractivity (Wildman–Crippen MR) is 152 cm³/mol. The van der Waals surface area contributed by atoms with Crippen molar-refractivity contribution in [3.63, 3.8) is 0 Å². The second-order valence-corrected chi connectivity index (χ2v) is 16.2. The van der Waals surface area contributed by atoms with Crippen LogP contribution in [0.2, 0.25) is 0 Å². The highest BCUT2D eigenvalue weighted by Gasteiger charge is 2.49. The molecule has 3 aliphatic rings. The minimum absolute atomic E-state index is 0.0541. The lowest BCUT2D eigenvalue weighted by molar-refractivity contribution is 0.0663. The van der Waals surface area contributed by atoms with E-state index in [1.54, 1.807) is 45.0 Å². The molecule has 5 atom stereocenters. The number of benzene rings is 2. The van der Waals surface area contributed by atoms with E-state index in [-0.39, 0.29) is 47.7 Å². The summed E-state index contributed by atoms with van der Waals surface area (Å²) in [5.41, 5.74) is 0.453. The van der Waals surface area contributed by atoms with Crippen molar-refractivity contribution in [3.8, 4) is 0 Å². The summed E-state index contributed by atoms with van der Waals surface area (Å²) in [6, 6.07) is 6.35. The fraction of sp³-hybridized carbons (Fsp3) is 0.517. The van der Waals surface area contributed by atoms with E-state index in [4.69, 9.17) is 0 Å². The van der Waals surface area contributed by atoms with Crippen LogP contribution in [0.4, 0.5) is 13.2 Å². The summed E-state index contributed by atoms with van der Waals surface area (Å²) in [5.74, 6) is -5.04. The number of imide groups is 1. The normalized spacial score (nSPS) is 24.2. The van der Waals surface area contributed by atoms with Crippen LogP contribution in [-0.2, 0) is 27.4 Å². The van der Waals surface area contributed by atoms with Gasteiger partial charge >= 0.3 is 0 Å². The SMILES string of the molecule is CC(C)(C)[S@](=O)N[C@@H](Cc1cc(F)c(F)cc1F)C1C[C@H]2CC[C@@H](C1)N2S(=O)(=O)CCN1C(=O)c2ccccc2C1=O. The van der Waals surface area contributed by atoms with Crippen molar-refractivity contribution in [2.24, 2.45) is 5.92 Å². The fourth-order valence-corrected chi connectivity index (χ4v) is 9.11. The van der Waals surface area contributed by atoms with E-state index in [1.165, 1.54) is 4.31 Å². The smallest absolute Gasteiger partial charge is 0.261 e. The first kappa shape index (κ1) is 30.8. The van der Waals surface area contributed by atoms with Crippen molar-refractivity contribution >= 4 is 32.8 Å². The number of halogens is 3. The number of sulfonamides is 1. The maximum Gasteiger partial charge on any atom is 0.261 e. The Morgan fingerprint density at radius 3 is 2.05 bits per heavy atom.